The molecule has 1 amide bonds. The van der Waals surface area contributed by atoms with Crippen molar-refractivity contribution in [2.24, 2.45) is 0 Å². The normalized spacial score (nSPS) is 13.4. The van der Waals surface area contributed by atoms with E-state index in [1.807, 2.05) is 32.1 Å². The molecule has 0 aliphatic rings. The standard InChI is InChI=1S/C18H26N2O2/c1-5-7-13(2)10-14(3)17-11-16(12-20-17)18(22)19-9-6-8-15(4)21/h5,7,10-12,15,20-21H,3,6,8-9H2,1-2,4H3,(H,19,22)/b7-5-,13-10-. The summed E-state index contributed by atoms with van der Waals surface area (Å²) in [4.78, 5) is 15.1. The molecule has 0 bridgehead atoms. The van der Waals surface area contributed by atoms with Gasteiger partial charge in [-0.05, 0) is 45.3 Å². The van der Waals surface area contributed by atoms with Crippen molar-refractivity contribution in [3.63, 3.8) is 0 Å². The molecule has 3 N–H and O–H groups in total. The van der Waals surface area contributed by atoms with Crippen LogP contribution in [0.2, 0.25) is 0 Å². The number of H-pyrrole nitrogens is 1. The molecule has 0 fully saturated rings. The van der Waals surface area contributed by atoms with Crippen LogP contribution < -0.4 is 5.32 Å². The Hall–Kier alpha value is -2.07. The van der Waals surface area contributed by atoms with Crippen molar-refractivity contribution < 1.29 is 9.90 Å². The molecular weight excluding hydrogens is 276 g/mol. The summed E-state index contributed by atoms with van der Waals surface area (Å²) in [5, 5.41) is 12.0. The van der Waals surface area contributed by atoms with Gasteiger partial charge in [0.2, 0.25) is 0 Å². The zero-order valence-electron chi connectivity index (χ0n) is 13.6. The maximum atomic E-state index is 12.0. The lowest BCUT2D eigenvalue weighted by Crippen LogP contribution is -2.24. The van der Waals surface area contributed by atoms with E-state index >= 15 is 0 Å². The predicted octanol–water partition coefficient (Wildman–Crippen LogP) is 3.44. The summed E-state index contributed by atoms with van der Waals surface area (Å²) < 4.78 is 0. The van der Waals surface area contributed by atoms with Crippen LogP contribution in [0.1, 0.15) is 49.7 Å². The number of carbonyl (C=O) groups excluding carboxylic acids is 1. The molecule has 0 radical (unpaired) electrons. The Labute approximate surface area is 132 Å². The Bertz CT molecular complexity index is 565. The van der Waals surface area contributed by atoms with Gasteiger partial charge in [-0.1, -0.05) is 30.4 Å². The highest BCUT2D eigenvalue weighted by Crippen LogP contribution is 2.16. The van der Waals surface area contributed by atoms with E-state index in [1.165, 1.54) is 0 Å². The molecule has 1 atom stereocenters. The van der Waals surface area contributed by atoms with Crippen LogP contribution >= 0.6 is 0 Å². The number of aliphatic hydroxyl groups is 1. The molecule has 120 valence electrons. The molecule has 0 aliphatic carbocycles. The lowest BCUT2D eigenvalue weighted by Gasteiger charge is -2.05. The molecule has 22 heavy (non-hydrogen) atoms. The minimum atomic E-state index is -0.328. The number of allylic oxidation sites excluding steroid dienone is 5. The lowest BCUT2D eigenvalue weighted by molar-refractivity contribution is 0.0950. The van der Waals surface area contributed by atoms with Gasteiger partial charge in [-0.2, -0.15) is 0 Å². The Kier molecular flexibility index (Phi) is 7.40. The van der Waals surface area contributed by atoms with Gasteiger partial charge in [-0.3, -0.25) is 4.79 Å². The molecule has 0 saturated heterocycles. The van der Waals surface area contributed by atoms with E-state index in [1.54, 1.807) is 19.2 Å². The van der Waals surface area contributed by atoms with Crippen LogP contribution in [-0.2, 0) is 0 Å². The average molecular weight is 302 g/mol. The predicted molar refractivity (Wildman–Crippen MR) is 91.6 cm³/mol. The van der Waals surface area contributed by atoms with Crippen molar-refractivity contribution in [3.8, 4) is 0 Å². The van der Waals surface area contributed by atoms with Gasteiger partial charge in [0.25, 0.3) is 5.91 Å². The Morgan fingerprint density at radius 3 is 2.91 bits per heavy atom. The second kappa shape index (κ2) is 9.05. The first-order valence-corrected chi connectivity index (χ1v) is 7.59. The number of aromatic nitrogens is 1. The van der Waals surface area contributed by atoms with Crippen molar-refractivity contribution in [1.82, 2.24) is 10.3 Å². The van der Waals surface area contributed by atoms with Gasteiger partial charge < -0.3 is 15.4 Å². The summed E-state index contributed by atoms with van der Waals surface area (Å²) >= 11 is 0. The number of aromatic amines is 1. The van der Waals surface area contributed by atoms with Crippen molar-refractivity contribution in [3.05, 3.63) is 53.9 Å². The summed E-state index contributed by atoms with van der Waals surface area (Å²) in [6, 6.07) is 1.80. The fraction of sp³-hybridized carbons (Fsp3) is 0.389. The molecule has 0 spiro atoms. The first-order chi connectivity index (χ1) is 10.4. The third-order valence-electron chi connectivity index (χ3n) is 3.21. The molecule has 1 rings (SSSR count). The summed E-state index contributed by atoms with van der Waals surface area (Å²) in [7, 11) is 0. The quantitative estimate of drug-likeness (QED) is 0.509. The summed E-state index contributed by atoms with van der Waals surface area (Å²) in [5.74, 6) is -0.116. The molecule has 1 unspecified atom stereocenters. The highest BCUT2D eigenvalue weighted by Gasteiger charge is 2.09. The van der Waals surface area contributed by atoms with E-state index in [-0.39, 0.29) is 12.0 Å². The maximum Gasteiger partial charge on any atom is 0.252 e. The van der Waals surface area contributed by atoms with Gasteiger partial charge in [-0.15, -0.1) is 0 Å². The van der Waals surface area contributed by atoms with Gasteiger partial charge in [0.15, 0.2) is 0 Å². The van der Waals surface area contributed by atoms with Crippen LogP contribution in [0.5, 0.6) is 0 Å². The first-order valence-electron chi connectivity index (χ1n) is 7.59. The van der Waals surface area contributed by atoms with Gasteiger partial charge in [0, 0.05) is 18.4 Å². The van der Waals surface area contributed by atoms with Crippen LogP contribution in [0.15, 0.2) is 42.6 Å². The number of nitrogens with one attached hydrogen (secondary N) is 2. The minimum absolute atomic E-state index is 0.116. The monoisotopic (exact) mass is 302 g/mol. The number of hydrogen-bond donors (Lipinski definition) is 3. The van der Waals surface area contributed by atoms with E-state index < -0.39 is 0 Å². The molecule has 1 heterocycles. The highest BCUT2D eigenvalue weighted by atomic mass is 16.3. The van der Waals surface area contributed by atoms with Gasteiger partial charge in [0.05, 0.1) is 11.7 Å². The van der Waals surface area contributed by atoms with Crippen LogP contribution in [-0.4, -0.2) is 28.6 Å². The fourth-order valence-electron chi connectivity index (χ4n) is 2.08. The Morgan fingerprint density at radius 2 is 2.27 bits per heavy atom. The second-order valence-electron chi connectivity index (χ2n) is 5.46. The minimum Gasteiger partial charge on any atom is -0.393 e. The fourth-order valence-corrected chi connectivity index (χ4v) is 2.08. The van der Waals surface area contributed by atoms with E-state index in [4.69, 9.17) is 0 Å². The van der Waals surface area contributed by atoms with Crippen molar-refractivity contribution in [2.45, 2.75) is 39.7 Å². The van der Waals surface area contributed by atoms with Crippen LogP contribution in [0.3, 0.4) is 0 Å². The Balaban J connectivity index is 2.58. The molecule has 4 nitrogen and oxygen atoms in total. The maximum absolute atomic E-state index is 12.0. The Morgan fingerprint density at radius 1 is 1.55 bits per heavy atom. The third kappa shape index (κ3) is 6.14. The topological polar surface area (TPSA) is 65.1 Å². The number of amides is 1. The van der Waals surface area contributed by atoms with Crippen molar-refractivity contribution >= 4 is 11.5 Å². The van der Waals surface area contributed by atoms with E-state index in [2.05, 4.69) is 16.9 Å². The number of hydrogen-bond acceptors (Lipinski definition) is 2. The van der Waals surface area contributed by atoms with E-state index in [0.717, 1.165) is 23.3 Å². The molecule has 0 saturated carbocycles. The van der Waals surface area contributed by atoms with Crippen LogP contribution in [0.25, 0.3) is 5.57 Å². The third-order valence-corrected chi connectivity index (χ3v) is 3.21. The van der Waals surface area contributed by atoms with Gasteiger partial charge in [-0.25, -0.2) is 0 Å². The molecule has 4 heteroatoms. The average Bonchev–Trinajstić information content (AvgIpc) is 2.93. The summed E-state index contributed by atoms with van der Waals surface area (Å²) in [5.41, 5.74) is 3.36. The summed E-state index contributed by atoms with van der Waals surface area (Å²) in [6.07, 6.45) is 8.75. The largest absolute Gasteiger partial charge is 0.393 e. The van der Waals surface area contributed by atoms with Gasteiger partial charge in [0.1, 0.15) is 0 Å². The van der Waals surface area contributed by atoms with Crippen molar-refractivity contribution in [2.75, 3.05) is 6.54 Å². The van der Waals surface area contributed by atoms with Gasteiger partial charge >= 0.3 is 0 Å². The number of carbonyl (C=O) groups is 1. The first kappa shape index (κ1) is 18.0. The molecule has 1 aromatic heterocycles. The van der Waals surface area contributed by atoms with Crippen LogP contribution in [0, 0.1) is 0 Å². The lowest BCUT2D eigenvalue weighted by atomic mass is 10.1. The number of aliphatic hydroxyl groups excluding tert-OH is 1. The second-order valence-corrected chi connectivity index (χ2v) is 5.46. The molecular formula is C18H26N2O2. The molecule has 1 aromatic rings. The molecule has 0 aromatic carbocycles. The number of rotatable bonds is 8. The van der Waals surface area contributed by atoms with E-state index in [9.17, 15) is 9.90 Å². The van der Waals surface area contributed by atoms with Crippen LogP contribution in [0.4, 0.5) is 0 Å². The SMILES string of the molecule is C=C(/C=C(C)\C=C/C)c1cc(C(=O)NCCCC(C)O)c[nH]1. The molecule has 0 aliphatic heterocycles. The van der Waals surface area contributed by atoms with E-state index in [0.29, 0.717) is 18.5 Å². The smallest absolute Gasteiger partial charge is 0.252 e. The highest BCUT2D eigenvalue weighted by molar-refractivity contribution is 5.95. The zero-order chi connectivity index (χ0) is 16.5. The zero-order valence-corrected chi connectivity index (χ0v) is 13.6. The van der Waals surface area contributed by atoms with Crippen molar-refractivity contribution in [1.29, 1.82) is 0 Å². The summed E-state index contributed by atoms with van der Waals surface area (Å²) in [6.45, 7) is 10.3.